The first-order valence-corrected chi connectivity index (χ1v) is 7.69. The van der Waals surface area contributed by atoms with Crippen molar-refractivity contribution in [2.24, 2.45) is 0 Å². The predicted octanol–water partition coefficient (Wildman–Crippen LogP) is 2.94. The lowest BCUT2D eigenvalue weighted by Gasteiger charge is -2.22. The first kappa shape index (κ1) is 17.3. The van der Waals surface area contributed by atoms with Gasteiger partial charge in [0.25, 0.3) is 0 Å². The topological polar surface area (TPSA) is 35.9 Å². The lowest BCUT2D eigenvalue weighted by molar-refractivity contribution is 0.258. The fraction of sp³-hybridized carbons (Fsp3) is 0.600. The molecule has 0 amide bonds. The van der Waals surface area contributed by atoms with Crippen molar-refractivity contribution in [1.29, 1.82) is 0 Å². The molecule has 0 spiro atoms. The Labute approximate surface area is 130 Å². The Balaban J connectivity index is 2.67. The molecule has 0 aliphatic heterocycles. The maximum Gasteiger partial charge on any atom is 0.172 e. The maximum absolute atomic E-state index is 9.82. The van der Waals surface area contributed by atoms with Crippen molar-refractivity contribution in [1.82, 2.24) is 9.80 Å². The second-order valence-electron chi connectivity index (χ2n) is 5.15. The van der Waals surface area contributed by atoms with Crippen LogP contribution in [-0.2, 0) is 6.54 Å². The Bertz CT molecular complexity index is 425. The van der Waals surface area contributed by atoms with Gasteiger partial charge in [-0.15, -0.1) is 0 Å². The number of rotatable bonds is 8. The summed E-state index contributed by atoms with van der Waals surface area (Å²) in [6, 6.07) is 3.85. The van der Waals surface area contributed by atoms with Crippen LogP contribution >= 0.6 is 15.9 Å². The van der Waals surface area contributed by atoms with Gasteiger partial charge in [0.15, 0.2) is 11.5 Å². The average Bonchev–Trinajstić information content (AvgIpc) is 2.40. The largest absolute Gasteiger partial charge is 0.503 e. The number of ether oxygens (including phenoxy) is 1. The number of halogens is 1. The third-order valence-electron chi connectivity index (χ3n) is 3.24. The average molecular weight is 345 g/mol. The van der Waals surface area contributed by atoms with E-state index in [0.29, 0.717) is 10.2 Å². The maximum atomic E-state index is 9.82. The van der Waals surface area contributed by atoms with Crippen LogP contribution in [0.15, 0.2) is 16.6 Å². The first-order chi connectivity index (χ1) is 9.47. The van der Waals surface area contributed by atoms with Gasteiger partial charge in [0.1, 0.15) is 0 Å². The van der Waals surface area contributed by atoms with E-state index in [2.05, 4.69) is 46.7 Å². The molecule has 0 bridgehead atoms. The molecule has 1 aromatic rings. The number of phenolic OH excluding ortho intramolecular Hbond substituents is 1. The molecular weight excluding hydrogens is 320 g/mol. The van der Waals surface area contributed by atoms with Crippen molar-refractivity contribution in [2.45, 2.75) is 19.9 Å². The fourth-order valence-electron chi connectivity index (χ4n) is 2.09. The van der Waals surface area contributed by atoms with Gasteiger partial charge < -0.3 is 14.7 Å². The van der Waals surface area contributed by atoms with Crippen LogP contribution < -0.4 is 4.74 Å². The molecule has 20 heavy (non-hydrogen) atoms. The lowest BCUT2D eigenvalue weighted by Crippen LogP contribution is -2.26. The van der Waals surface area contributed by atoms with E-state index in [-0.39, 0.29) is 5.75 Å². The van der Waals surface area contributed by atoms with Crippen LogP contribution in [-0.4, -0.2) is 55.7 Å². The number of aromatic hydroxyl groups is 1. The van der Waals surface area contributed by atoms with Crippen LogP contribution in [0.3, 0.4) is 0 Å². The molecule has 0 heterocycles. The van der Waals surface area contributed by atoms with Crippen LogP contribution in [0, 0.1) is 0 Å². The van der Waals surface area contributed by atoms with Gasteiger partial charge >= 0.3 is 0 Å². The minimum Gasteiger partial charge on any atom is -0.503 e. The summed E-state index contributed by atoms with van der Waals surface area (Å²) in [6.45, 7) is 6.20. The summed E-state index contributed by atoms with van der Waals surface area (Å²) in [4.78, 5) is 4.59. The molecule has 0 atom stereocenters. The molecule has 4 nitrogen and oxygen atoms in total. The van der Waals surface area contributed by atoms with Crippen molar-refractivity contribution >= 4 is 15.9 Å². The number of hydrogen-bond acceptors (Lipinski definition) is 4. The summed E-state index contributed by atoms with van der Waals surface area (Å²) < 4.78 is 5.87. The Hall–Kier alpha value is -0.780. The molecule has 0 aromatic heterocycles. The normalized spacial score (nSPS) is 11.3. The third kappa shape index (κ3) is 5.31. The zero-order valence-corrected chi connectivity index (χ0v) is 14.4. The monoisotopic (exact) mass is 344 g/mol. The van der Waals surface area contributed by atoms with Gasteiger partial charge in [-0.2, -0.15) is 0 Å². The van der Waals surface area contributed by atoms with Crippen molar-refractivity contribution in [2.75, 3.05) is 40.8 Å². The molecular formula is C15H25BrN2O2. The van der Waals surface area contributed by atoms with Crippen LogP contribution in [0.2, 0.25) is 0 Å². The highest BCUT2D eigenvalue weighted by atomic mass is 79.9. The zero-order valence-electron chi connectivity index (χ0n) is 12.8. The predicted molar refractivity (Wildman–Crippen MR) is 86.5 cm³/mol. The number of methoxy groups -OCH3 is 1. The first-order valence-electron chi connectivity index (χ1n) is 6.90. The molecule has 1 aromatic carbocycles. The Morgan fingerprint density at radius 3 is 2.50 bits per heavy atom. The molecule has 5 heteroatoms. The molecule has 0 unspecified atom stereocenters. The van der Waals surface area contributed by atoms with Gasteiger partial charge in [0.2, 0.25) is 0 Å². The summed E-state index contributed by atoms with van der Waals surface area (Å²) in [6.07, 6.45) is 1.15. The minimum atomic E-state index is 0.159. The minimum absolute atomic E-state index is 0.159. The second kappa shape index (κ2) is 8.49. The van der Waals surface area contributed by atoms with Crippen molar-refractivity contribution in [3.8, 4) is 11.5 Å². The van der Waals surface area contributed by atoms with E-state index < -0.39 is 0 Å². The van der Waals surface area contributed by atoms with E-state index in [9.17, 15) is 5.11 Å². The summed E-state index contributed by atoms with van der Waals surface area (Å²) in [5.74, 6) is 0.672. The Morgan fingerprint density at radius 2 is 1.95 bits per heavy atom. The van der Waals surface area contributed by atoms with Gasteiger partial charge in [0, 0.05) is 6.54 Å². The van der Waals surface area contributed by atoms with Gasteiger partial charge in [-0.3, -0.25) is 4.90 Å². The molecule has 1 rings (SSSR count). The van der Waals surface area contributed by atoms with E-state index >= 15 is 0 Å². The highest BCUT2D eigenvalue weighted by Gasteiger charge is 2.11. The number of hydrogen-bond donors (Lipinski definition) is 1. The van der Waals surface area contributed by atoms with E-state index in [1.807, 2.05) is 12.1 Å². The smallest absolute Gasteiger partial charge is 0.172 e. The van der Waals surface area contributed by atoms with Crippen LogP contribution in [0.1, 0.15) is 18.9 Å². The molecule has 0 saturated carbocycles. The van der Waals surface area contributed by atoms with Gasteiger partial charge in [-0.25, -0.2) is 0 Å². The number of nitrogens with zero attached hydrogens (tertiary/aromatic N) is 2. The molecule has 114 valence electrons. The van der Waals surface area contributed by atoms with Gasteiger partial charge in [-0.1, -0.05) is 6.92 Å². The van der Waals surface area contributed by atoms with E-state index in [4.69, 9.17) is 4.74 Å². The Kier molecular flexibility index (Phi) is 7.34. The summed E-state index contributed by atoms with van der Waals surface area (Å²) >= 11 is 3.37. The summed E-state index contributed by atoms with van der Waals surface area (Å²) in [7, 11) is 5.76. The molecule has 0 radical (unpaired) electrons. The quantitative estimate of drug-likeness (QED) is 0.786. The standard InChI is InChI=1S/C15H25BrN2O2/c1-5-18(8-6-7-17(2)3)11-12-9-13(16)15(19)14(10-12)20-4/h9-10,19H,5-8,11H2,1-4H3. The molecule has 0 saturated heterocycles. The fourth-order valence-corrected chi connectivity index (χ4v) is 2.58. The molecule has 1 N–H and O–H groups in total. The van der Waals surface area contributed by atoms with Gasteiger partial charge in [0.05, 0.1) is 11.6 Å². The van der Waals surface area contributed by atoms with Crippen LogP contribution in [0.25, 0.3) is 0 Å². The van der Waals surface area contributed by atoms with E-state index in [0.717, 1.165) is 38.2 Å². The highest BCUT2D eigenvalue weighted by molar-refractivity contribution is 9.10. The van der Waals surface area contributed by atoms with Crippen LogP contribution in [0.4, 0.5) is 0 Å². The molecule has 0 aliphatic carbocycles. The third-order valence-corrected chi connectivity index (χ3v) is 3.85. The lowest BCUT2D eigenvalue weighted by atomic mass is 10.2. The van der Waals surface area contributed by atoms with Crippen molar-refractivity contribution in [3.63, 3.8) is 0 Å². The van der Waals surface area contributed by atoms with Crippen molar-refractivity contribution in [3.05, 3.63) is 22.2 Å². The number of benzene rings is 1. The van der Waals surface area contributed by atoms with Gasteiger partial charge in [-0.05, 0) is 73.8 Å². The summed E-state index contributed by atoms with van der Waals surface area (Å²) in [5, 5.41) is 9.82. The summed E-state index contributed by atoms with van der Waals surface area (Å²) in [5.41, 5.74) is 1.14. The van der Waals surface area contributed by atoms with Crippen LogP contribution in [0.5, 0.6) is 11.5 Å². The van der Waals surface area contributed by atoms with Crippen molar-refractivity contribution < 1.29 is 9.84 Å². The zero-order chi connectivity index (χ0) is 15.1. The molecule has 0 aliphatic rings. The Morgan fingerprint density at radius 1 is 1.25 bits per heavy atom. The SMILES string of the molecule is CCN(CCCN(C)C)Cc1cc(Br)c(O)c(OC)c1. The molecule has 0 fully saturated rings. The highest BCUT2D eigenvalue weighted by Crippen LogP contribution is 2.35. The number of phenols is 1. The second-order valence-corrected chi connectivity index (χ2v) is 6.01. The van der Waals surface area contributed by atoms with E-state index in [1.165, 1.54) is 0 Å². The van der Waals surface area contributed by atoms with E-state index in [1.54, 1.807) is 7.11 Å².